The second-order valence-corrected chi connectivity index (χ2v) is 9.90. The Labute approximate surface area is 168 Å². The van der Waals surface area contributed by atoms with E-state index in [1.54, 1.807) is 0 Å². The van der Waals surface area contributed by atoms with Crippen LogP contribution in [0.4, 0.5) is 0 Å². The van der Waals surface area contributed by atoms with Crippen LogP contribution in [0.25, 0.3) is 0 Å². The third-order valence-electron chi connectivity index (χ3n) is 2.75. The van der Waals surface area contributed by atoms with E-state index in [1.807, 2.05) is 36.4 Å². The lowest BCUT2D eigenvalue weighted by atomic mass is 10.2. The van der Waals surface area contributed by atoms with E-state index >= 15 is 0 Å². The van der Waals surface area contributed by atoms with Gasteiger partial charge in [-0.05, 0) is 104 Å². The molecule has 0 aliphatic carbocycles. The van der Waals surface area contributed by atoms with Crippen LogP contribution in [0.5, 0.6) is 5.75 Å². The van der Waals surface area contributed by atoms with E-state index in [-0.39, 0.29) is 16.9 Å². The van der Waals surface area contributed by atoms with Crippen molar-refractivity contribution in [2.75, 3.05) is 12.5 Å². The summed E-state index contributed by atoms with van der Waals surface area (Å²) in [5, 5.41) is 0. The number of esters is 1. The molecule has 110 valence electrons. The van der Waals surface area contributed by atoms with Gasteiger partial charge in [-0.25, -0.2) is 4.79 Å². The third kappa shape index (κ3) is 4.47. The van der Waals surface area contributed by atoms with Gasteiger partial charge in [-0.2, -0.15) is 0 Å². The highest BCUT2D eigenvalue weighted by Gasteiger charge is 2.18. The van der Waals surface area contributed by atoms with Crippen molar-refractivity contribution in [1.82, 2.24) is 0 Å². The van der Waals surface area contributed by atoms with Crippen molar-refractivity contribution in [3.63, 3.8) is 0 Å². The van der Waals surface area contributed by atoms with E-state index in [0.717, 1.165) is 10.7 Å². The van der Waals surface area contributed by atoms with Crippen molar-refractivity contribution in [2.45, 2.75) is 4.90 Å². The molecule has 0 heterocycles. The maximum absolute atomic E-state index is 12.4. The van der Waals surface area contributed by atoms with Crippen LogP contribution in [-0.4, -0.2) is 18.5 Å². The van der Waals surface area contributed by atoms with Crippen molar-refractivity contribution in [2.24, 2.45) is 0 Å². The quantitative estimate of drug-likeness (QED) is 0.157. The highest BCUT2D eigenvalue weighted by Crippen LogP contribution is 2.26. The summed E-state index contributed by atoms with van der Waals surface area (Å²) in [5.41, 5.74) is 0.637. The lowest BCUT2D eigenvalue weighted by molar-refractivity contribution is 0.0732. The van der Waals surface area contributed by atoms with Crippen molar-refractivity contribution in [1.29, 1.82) is 0 Å². The van der Waals surface area contributed by atoms with Gasteiger partial charge in [-0.3, -0.25) is 0 Å². The second kappa shape index (κ2) is 7.82. The van der Waals surface area contributed by atoms with Crippen molar-refractivity contribution < 1.29 is 9.53 Å². The summed E-state index contributed by atoms with van der Waals surface area (Å²) < 4.78 is 8.40. The predicted octanol–water partition coefficient (Wildman–Crippen LogP) is 4.96. The Kier molecular flexibility index (Phi) is 6.63. The van der Waals surface area contributed by atoms with Gasteiger partial charge in [-0.15, -0.1) is 0 Å². The molecule has 6 heteroatoms. The Balaban J connectivity index is 2.24. The van der Waals surface area contributed by atoms with Crippen molar-refractivity contribution in [3.05, 3.63) is 52.7 Å². The molecule has 0 spiro atoms. The average Bonchev–Trinajstić information content (AvgIpc) is 2.44. The second-order valence-electron chi connectivity index (χ2n) is 4.40. The molecular formula is C15H12I3O2S+. The normalized spacial score (nSPS) is 10.8. The Morgan fingerprint density at radius 3 is 2.10 bits per heavy atom. The van der Waals surface area contributed by atoms with Gasteiger partial charge in [0.1, 0.15) is 18.3 Å². The van der Waals surface area contributed by atoms with Gasteiger partial charge < -0.3 is 4.74 Å². The lowest BCUT2D eigenvalue weighted by Gasteiger charge is -2.09. The molecule has 2 nitrogen and oxygen atoms in total. The number of hydrogen-bond donors (Lipinski definition) is 0. The summed E-state index contributed by atoms with van der Waals surface area (Å²) >= 11 is 6.58. The Bertz CT molecular complexity index is 669. The minimum atomic E-state index is -0.304. The molecular weight excluding hydrogens is 625 g/mol. The van der Waals surface area contributed by atoms with Crippen LogP contribution in [0.2, 0.25) is 0 Å². The highest BCUT2D eigenvalue weighted by atomic mass is 127. The lowest BCUT2D eigenvalue weighted by Crippen LogP contribution is -2.13. The molecule has 2 rings (SSSR count). The fourth-order valence-corrected chi connectivity index (χ4v) is 4.66. The zero-order valence-electron chi connectivity index (χ0n) is 11.3. The average molecular weight is 637 g/mol. The summed E-state index contributed by atoms with van der Waals surface area (Å²) in [5.74, 6) is 0.279. The fourth-order valence-electron chi connectivity index (χ4n) is 1.65. The van der Waals surface area contributed by atoms with Crippen LogP contribution in [0, 0.1) is 10.7 Å². The predicted molar refractivity (Wildman–Crippen MR) is 113 cm³/mol. The molecule has 21 heavy (non-hydrogen) atoms. The summed E-state index contributed by atoms with van der Waals surface area (Å²) in [4.78, 5) is 13.7. The third-order valence-corrected chi connectivity index (χ3v) is 7.92. The van der Waals surface area contributed by atoms with Crippen LogP contribution in [0.15, 0.2) is 41.3 Å². The maximum Gasteiger partial charge on any atom is 0.345 e. The minimum Gasteiger partial charge on any atom is -0.423 e. The first kappa shape index (κ1) is 17.8. The summed E-state index contributed by atoms with van der Waals surface area (Å²) in [6.45, 7) is 0. The molecule has 0 aromatic heterocycles. The van der Waals surface area contributed by atoms with Gasteiger partial charge >= 0.3 is 5.97 Å². The molecule has 0 amide bonds. The van der Waals surface area contributed by atoms with Crippen LogP contribution < -0.4 is 4.74 Å². The van der Waals surface area contributed by atoms with E-state index < -0.39 is 0 Å². The highest BCUT2D eigenvalue weighted by molar-refractivity contribution is 14.1. The van der Waals surface area contributed by atoms with Gasteiger partial charge in [0.15, 0.2) is 4.90 Å². The minimum absolute atomic E-state index is 0.210. The van der Waals surface area contributed by atoms with Crippen LogP contribution in [0.1, 0.15) is 10.4 Å². The van der Waals surface area contributed by atoms with Gasteiger partial charge in [-0.1, -0.05) is 0 Å². The Morgan fingerprint density at radius 2 is 1.52 bits per heavy atom. The standard InChI is InChI=1S/C15H12I3O2S/c1-21(2)10-5-3-9(4-6-10)20-15(19)13-11(16)7-8-12(17)14(13)18/h3-8H,1-2H3/q+1. The molecule has 0 atom stereocenters. The number of benzene rings is 2. The fraction of sp³-hybridized carbons (Fsp3) is 0.133. The first-order valence-electron chi connectivity index (χ1n) is 5.93. The first-order valence-corrected chi connectivity index (χ1v) is 11.2. The SMILES string of the molecule is C[S+](C)c1ccc(OC(=O)c2c(I)ccc(I)c2I)cc1. The van der Waals surface area contributed by atoms with Gasteiger partial charge in [0, 0.05) is 21.6 Å². The summed E-state index contributed by atoms with van der Waals surface area (Å²) in [6.07, 6.45) is 4.33. The maximum atomic E-state index is 12.4. The van der Waals surface area contributed by atoms with E-state index in [4.69, 9.17) is 4.74 Å². The van der Waals surface area contributed by atoms with Gasteiger partial charge in [0.05, 0.1) is 5.56 Å². The number of ether oxygens (including phenoxy) is 1. The molecule has 2 aromatic rings. The zero-order chi connectivity index (χ0) is 15.6. The molecule has 0 aliphatic heterocycles. The number of hydrogen-bond acceptors (Lipinski definition) is 2. The largest absolute Gasteiger partial charge is 0.423 e. The van der Waals surface area contributed by atoms with Gasteiger partial charge in [0.25, 0.3) is 0 Å². The summed E-state index contributed by atoms with van der Waals surface area (Å²) in [7, 11) is 0.210. The monoisotopic (exact) mass is 637 g/mol. The molecule has 0 fully saturated rings. The molecule has 0 N–H and O–H groups in total. The summed E-state index contributed by atoms with van der Waals surface area (Å²) in [6, 6.07) is 11.7. The number of carbonyl (C=O) groups is 1. The van der Waals surface area contributed by atoms with Crippen LogP contribution in [0.3, 0.4) is 0 Å². The smallest absolute Gasteiger partial charge is 0.345 e. The topological polar surface area (TPSA) is 26.3 Å². The van der Waals surface area contributed by atoms with Crippen molar-refractivity contribution in [3.8, 4) is 5.75 Å². The number of halogens is 3. The molecule has 0 saturated carbocycles. The Hall–Kier alpha value is 0.450. The van der Waals surface area contributed by atoms with Gasteiger partial charge in [0.2, 0.25) is 0 Å². The van der Waals surface area contributed by atoms with E-state index in [1.165, 1.54) is 4.90 Å². The molecule has 2 aromatic carbocycles. The Morgan fingerprint density at radius 1 is 0.952 bits per heavy atom. The van der Waals surface area contributed by atoms with Crippen molar-refractivity contribution >= 4 is 84.6 Å². The number of rotatable bonds is 3. The van der Waals surface area contributed by atoms with Crippen LogP contribution >= 0.6 is 67.8 Å². The van der Waals surface area contributed by atoms with E-state index in [9.17, 15) is 4.79 Å². The van der Waals surface area contributed by atoms with E-state index in [0.29, 0.717) is 11.3 Å². The van der Waals surface area contributed by atoms with Crippen LogP contribution in [-0.2, 0) is 10.9 Å². The zero-order valence-corrected chi connectivity index (χ0v) is 18.6. The molecule has 0 radical (unpaired) electrons. The molecule has 0 unspecified atom stereocenters. The molecule has 0 aliphatic rings. The number of carbonyl (C=O) groups excluding carboxylic acids is 1. The molecule has 0 bridgehead atoms. The molecule has 0 saturated heterocycles. The van der Waals surface area contributed by atoms with E-state index in [2.05, 4.69) is 80.3 Å². The first-order chi connectivity index (χ1) is 9.90.